The summed E-state index contributed by atoms with van der Waals surface area (Å²) < 4.78 is 6.36. The molecule has 0 aromatic heterocycles. The number of rotatable bonds is 5. The number of allylic oxidation sites excluding steroid dienone is 1. The van der Waals surface area contributed by atoms with E-state index < -0.39 is 5.60 Å². The van der Waals surface area contributed by atoms with Crippen molar-refractivity contribution in [2.45, 2.75) is 50.5 Å². The molecule has 2 amide bonds. The Labute approximate surface area is 172 Å². The van der Waals surface area contributed by atoms with Gasteiger partial charge in [0.2, 0.25) is 5.91 Å². The first-order valence-electron chi connectivity index (χ1n) is 10.9. The molecule has 1 aromatic rings. The Morgan fingerprint density at radius 2 is 2.14 bits per heavy atom. The first-order valence-corrected chi connectivity index (χ1v) is 10.9. The second kappa shape index (κ2) is 8.99. The molecule has 1 atom stereocenters. The number of likely N-dealkylation sites (tertiary alicyclic amines) is 1. The number of carbonyl (C=O) groups is 2. The van der Waals surface area contributed by atoms with Crippen LogP contribution in [0.1, 0.15) is 55.3 Å². The van der Waals surface area contributed by atoms with Gasteiger partial charge in [0.15, 0.2) is 0 Å². The largest absolute Gasteiger partial charge is 0.483 e. The smallest absolute Gasteiger partial charge is 0.255 e. The van der Waals surface area contributed by atoms with Gasteiger partial charge in [0.25, 0.3) is 5.91 Å². The quantitative estimate of drug-likeness (QED) is 0.750. The summed E-state index contributed by atoms with van der Waals surface area (Å²) in [5, 5.41) is 6.08. The van der Waals surface area contributed by atoms with E-state index >= 15 is 0 Å². The number of hydrogen-bond donors (Lipinski definition) is 2. The fourth-order valence-electron chi connectivity index (χ4n) is 4.66. The lowest BCUT2D eigenvalue weighted by Crippen LogP contribution is -2.58. The van der Waals surface area contributed by atoms with E-state index in [0.29, 0.717) is 37.5 Å². The zero-order valence-electron chi connectivity index (χ0n) is 17.0. The predicted molar refractivity (Wildman–Crippen MR) is 112 cm³/mol. The molecule has 156 valence electrons. The molecule has 1 aromatic carbocycles. The molecule has 6 heteroatoms. The molecule has 1 spiro atoms. The third kappa shape index (κ3) is 4.99. The molecule has 0 bridgehead atoms. The molecule has 2 N–H and O–H groups in total. The molecule has 2 aliphatic heterocycles. The molecule has 3 aliphatic rings. The van der Waals surface area contributed by atoms with Crippen molar-refractivity contribution in [3.63, 3.8) is 0 Å². The lowest BCUT2D eigenvalue weighted by Gasteiger charge is -2.41. The predicted octanol–water partition coefficient (Wildman–Crippen LogP) is 2.65. The van der Waals surface area contributed by atoms with Crippen molar-refractivity contribution in [2.24, 2.45) is 0 Å². The van der Waals surface area contributed by atoms with E-state index in [0.717, 1.165) is 25.8 Å². The number of benzene rings is 1. The summed E-state index contributed by atoms with van der Waals surface area (Å²) in [6, 6.07) is 7.38. The minimum atomic E-state index is -0.478. The summed E-state index contributed by atoms with van der Waals surface area (Å²) >= 11 is 0. The van der Waals surface area contributed by atoms with Crippen LogP contribution in [0.2, 0.25) is 0 Å². The number of piperidine rings is 1. The lowest BCUT2D eigenvalue weighted by atomic mass is 9.92. The fourth-order valence-corrected chi connectivity index (χ4v) is 4.66. The molecule has 1 fully saturated rings. The van der Waals surface area contributed by atoms with E-state index in [9.17, 15) is 9.59 Å². The van der Waals surface area contributed by atoms with Gasteiger partial charge in [0, 0.05) is 13.1 Å². The number of ether oxygens (including phenoxy) is 1. The van der Waals surface area contributed by atoms with Gasteiger partial charge in [-0.1, -0.05) is 23.8 Å². The van der Waals surface area contributed by atoms with Crippen LogP contribution in [-0.2, 0) is 4.79 Å². The van der Waals surface area contributed by atoms with Crippen LogP contribution in [0.25, 0.3) is 0 Å². The first kappa shape index (κ1) is 20.0. The molecule has 0 unspecified atom stereocenters. The van der Waals surface area contributed by atoms with Crippen LogP contribution < -0.4 is 15.4 Å². The van der Waals surface area contributed by atoms with Crippen LogP contribution in [0.15, 0.2) is 35.9 Å². The third-order valence-corrected chi connectivity index (χ3v) is 6.17. The number of carbonyl (C=O) groups excluding carboxylic acids is 2. The number of para-hydroxylation sites is 1. The third-order valence-electron chi connectivity index (χ3n) is 6.17. The van der Waals surface area contributed by atoms with Crippen LogP contribution in [0.5, 0.6) is 5.75 Å². The zero-order valence-corrected chi connectivity index (χ0v) is 17.0. The number of nitrogens with zero attached hydrogens (tertiary/aromatic N) is 1. The van der Waals surface area contributed by atoms with Crippen LogP contribution >= 0.6 is 0 Å². The van der Waals surface area contributed by atoms with E-state index in [-0.39, 0.29) is 11.8 Å². The summed E-state index contributed by atoms with van der Waals surface area (Å²) in [7, 11) is 0. The van der Waals surface area contributed by atoms with Gasteiger partial charge >= 0.3 is 0 Å². The Balaban J connectivity index is 1.31. The summed E-state index contributed by atoms with van der Waals surface area (Å²) in [6.45, 7) is 3.07. The Morgan fingerprint density at radius 3 is 3.00 bits per heavy atom. The van der Waals surface area contributed by atoms with Crippen LogP contribution in [0, 0.1) is 0 Å². The van der Waals surface area contributed by atoms with E-state index in [4.69, 9.17) is 4.74 Å². The molecule has 0 saturated carbocycles. The molecule has 2 heterocycles. The second-order valence-electron chi connectivity index (χ2n) is 8.49. The van der Waals surface area contributed by atoms with E-state index in [1.54, 1.807) is 6.07 Å². The maximum absolute atomic E-state index is 12.5. The zero-order chi connectivity index (χ0) is 20.1. The number of hydrogen-bond acceptors (Lipinski definition) is 4. The number of amides is 2. The van der Waals surface area contributed by atoms with Crippen molar-refractivity contribution in [3.05, 3.63) is 41.5 Å². The summed E-state index contributed by atoms with van der Waals surface area (Å²) in [5.74, 6) is 0.607. The molecule has 0 radical (unpaired) electrons. The molecule has 1 saturated heterocycles. The maximum atomic E-state index is 12.5. The van der Waals surface area contributed by atoms with E-state index in [1.165, 1.54) is 31.3 Å². The van der Waals surface area contributed by atoms with Gasteiger partial charge in [0.1, 0.15) is 11.4 Å². The highest BCUT2D eigenvalue weighted by Crippen LogP contribution is 2.31. The SMILES string of the molecule is O=C(CN1CCC[C@@]2(CNC(=O)c3ccccc3O2)C1)NCCC1=CCCCC1. The van der Waals surface area contributed by atoms with Gasteiger partial charge in [0.05, 0.1) is 18.7 Å². The van der Waals surface area contributed by atoms with Crippen molar-refractivity contribution in [3.8, 4) is 5.75 Å². The number of fused-ring (bicyclic) bond motifs is 1. The molecule has 6 nitrogen and oxygen atoms in total. The fraction of sp³-hybridized carbons (Fsp3) is 0.565. The highest BCUT2D eigenvalue weighted by molar-refractivity contribution is 5.97. The monoisotopic (exact) mass is 397 g/mol. The average Bonchev–Trinajstić information content (AvgIpc) is 2.86. The van der Waals surface area contributed by atoms with Crippen LogP contribution in [-0.4, -0.2) is 55.0 Å². The highest BCUT2D eigenvalue weighted by Gasteiger charge is 2.41. The number of nitrogens with one attached hydrogen (secondary N) is 2. The van der Waals surface area contributed by atoms with Gasteiger partial charge in [-0.2, -0.15) is 0 Å². The molecule has 1 aliphatic carbocycles. The van der Waals surface area contributed by atoms with Crippen molar-refractivity contribution in [2.75, 3.05) is 32.7 Å². The summed E-state index contributed by atoms with van der Waals surface area (Å²) in [4.78, 5) is 27.0. The second-order valence-corrected chi connectivity index (χ2v) is 8.49. The van der Waals surface area contributed by atoms with Crippen molar-refractivity contribution in [1.29, 1.82) is 0 Å². The van der Waals surface area contributed by atoms with Gasteiger partial charge in [-0.3, -0.25) is 14.5 Å². The van der Waals surface area contributed by atoms with E-state index in [2.05, 4.69) is 21.6 Å². The molecule has 4 rings (SSSR count). The van der Waals surface area contributed by atoms with Crippen LogP contribution in [0.3, 0.4) is 0 Å². The van der Waals surface area contributed by atoms with Gasteiger partial charge in [-0.15, -0.1) is 0 Å². The minimum absolute atomic E-state index is 0.0662. The van der Waals surface area contributed by atoms with Crippen molar-refractivity contribution < 1.29 is 14.3 Å². The lowest BCUT2D eigenvalue weighted by molar-refractivity contribution is -0.123. The van der Waals surface area contributed by atoms with Gasteiger partial charge in [-0.05, 0) is 63.6 Å². The molecular weight excluding hydrogens is 366 g/mol. The Hall–Kier alpha value is -2.34. The van der Waals surface area contributed by atoms with Crippen LogP contribution in [0.4, 0.5) is 0 Å². The van der Waals surface area contributed by atoms with Gasteiger partial charge in [-0.25, -0.2) is 0 Å². The highest BCUT2D eigenvalue weighted by atomic mass is 16.5. The molecular formula is C23H31N3O3. The topological polar surface area (TPSA) is 70.7 Å². The average molecular weight is 398 g/mol. The van der Waals surface area contributed by atoms with E-state index in [1.807, 2.05) is 18.2 Å². The summed E-state index contributed by atoms with van der Waals surface area (Å²) in [5.41, 5.74) is 1.58. The van der Waals surface area contributed by atoms with Crippen molar-refractivity contribution in [1.82, 2.24) is 15.5 Å². The first-order chi connectivity index (χ1) is 14.1. The minimum Gasteiger partial charge on any atom is -0.483 e. The Morgan fingerprint density at radius 1 is 1.24 bits per heavy atom. The maximum Gasteiger partial charge on any atom is 0.255 e. The van der Waals surface area contributed by atoms with Gasteiger partial charge < -0.3 is 15.4 Å². The summed E-state index contributed by atoms with van der Waals surface area (Å²) in [6.07, 6.45) is 10.0. The standard InChI is InChI=1S/C23H31N3O3/c27-21(24-13-11-18-7-2-1-3-8-18)15-26-14-6-12-23(17-26)16-25-22(28)19-9-4-5-10-20(19)29-23/h4-5,7,9-10H,1-3,6,8,11-17H2,(H,24,27)(H,25,28)/t23-/m1/s1. The normalized spacial score (nSPS) is 24.7. The Kier molecular flexibility index (Phi) is 6.19. The van der Waals surface area contributed by atoms with Crippen molar-refractivity contribution >= 4 is 11.8 Å². The Bertz CT molecular complexity index is 791. The molecule has 29 heavy (non-hydrogen) atoms.